The van der Waals surface area contributed by atoms with Crippen molar-refractivity contribution in [1.82, 2.24) is 0 Å². The fourth-order valence-electron chi connectivity index (χ4n) is 1.53. The van der Waals surface area contributed by atoms with E-state index in [-0.39, 0.29) is 6.61 Å². The third kappa shape index (κ3) is 2.67. The lowest BCUT2D eigenvalue weighted by atomic mass is 9.95. The van der Waals surface area contributed by atoms with Gasteiger partial charge in [-0.15, -0.1) is 0 Å². The average molecular weight is 222 g/mol. The van der Waals surface area contributed by atoms with E-state index in [0.717, 1.165) is 6.29 Å². The standard InChI is InChI=1S/C12H14O4/c1-15-8-11(12(14)16-2)10-6-4-3-5-9(10)7-13/h3-7,11H,8H2,1-2H3. The van der Waals surface area contributed by atoms with E-state index in [1.807, 2.05) is 0 Å². The highest BCUT2D eigenvalue weighted by Gasteiger charge is 2.23. The highest BCUT2D eigenvalue weighted by Crippen LogP contribution is 2.20. The Bertz CT molecular complexity index is 373. The molecular weight excluding hydrogens is 208 g/mol. The molecule has 0 bridgehead atoms. The van der Waals surface area contributed by atoms with Crippen molar-refractivity contribution in [3.63, 3.8) is 0 Å². The maximum absolute atomic E-state index is 11.6. The Morgan fingerprint density at radius 1 is 1.38 bits per heavy atom. The Hall–Kier alpha value is -1.68. The highest BCUT2D eigenvalue weighted by molar-refractivity contribution is 5.85. The molecule has 1 unspecified atom stereocenters. The first-order chi connectivity index (χ1) is 7.74. The monoisotopic (exact) mass is 222 g/mol. The van der Waals surface area contributed by atoms with Gasteiger partial charge >= 0.3 is 5.97 Å². The zero-order valence-corrected chi connectivity index (χ0v) is 9.30. The molecule has 0 N–H and O–H groups in total. The molecule has 4 nitrogen and oxygen atoms in total. The Kier molecular flexibility index (Phi) is 4.66. The number of carbonyl (C=O) groups excluding carboxylic acids is 2. The molecule has 1 aromatic carbocycles. The number of hydrogen-bond donors (Lipinski definition) is 0. The second kappa shape index (κ2) is 6.02. The van der Waals surface area contributed by atoms with E-state index in [2.05, 4.69) is 4.74 Å². The van der Waals surface area contributed by atoms with E-state index in [1.54, 1.807) is 24.3 Å². The van der Waals surface area contributed by atoms with Gasteiger partial charge in [-0.25, -0.2) is 0 Å². The summed E-state index contributed by atoms with van der Waals surface area (Å²) in [5, 5.41) is 0. The quantitative estimate of drug-likeness (QED) is 0.558. The highest BCUT2D eigenvalue weighted by atomic mass is 16.5. The second-order valence-corrected chi connectivity index (χ2v) is 3.28. The van der Waals surface area contributed by atoms with Gasteiger partial charge in [-0.2, -0.15) is 0 Å². The fraction of sp³-hybridized carbons (Fsp3) is 0.333. The van der Waals surface area contributed by atoms with Crippen LogP contribution in [0.5, 0.6) is 0 Å². The number of esters is 1. The van der Waals surface area contributed by atoms with Gasteiger partial charge in [-0.1, -0.05) is 24.3 Å². The van der Waals surface area contributed by atoms with Crippen molar-refractivity contribution in [3.05, 3.63) is 35.4 Å². The summed E-state index contributed by atoms with van der Waals surface area (Å²) >= 11 is 0. The summed E-state index contributed by atoms with van der Waals surface area (Å²) in [4.78, 5) is 22.4. The van der Waals surface area contributed by atoms with Crippen molar-refractivity contribution in [2.75, 3.05) is 20.8 Å². The van der Waals surface area contributed by atoms with Crippen LogP contribution in [0.3, 0.4) is 0 Å². The van der Waals surface area contributed by atoms with Gasteiger partial charge in [0.1, 0.15) is 12.2 Å². The van der Waals surface area contributed by atoms with Gasteiger partial charge in [0, 0.05) is 12.7 Å². The van der Waals surface area contributed by atoms with Crippen LogP contribution >= 0.6 is 0 Å². The Balaban J connectivity index is 3.09. The van der Waals surface area contributed by atoms with Crippen LogP contribution in [-0.4, -0.2) is 33.1 Å². The summed E-state index contributed by atoms with van der Waals surface area (Å²) in [6, 6.07) is 6.90. The van der Waals surface area contributed by atoms with Gasteiger partial charge in [0.25, 0.3) is 0 Å². The Labute approximate surface area is 94.2 Å². The number of aldehydes is 1. The third-order valence-electron chi connectivity index (χ3n) is 2.32. The molecular formula is C12H14O4. The van der Waals surface area contributed by atoms with E-state index < -0.39 is 11.9 Å². The molecule has 0 aliphatic heterocycles. The number of carbonyl (C=O) groups is 2. The largest absolute Gasteiger partial charge is 0.468 e. The zero-order chi connectivity index (χ0) is 12.0. The van der Waals surface area contributed by atoms with Gasteiger partial charge in [0.15, 0.2) is 0 Å². The van der Waals surface area contributed by atoms with Crippen molar-refractivity contribution in [2.45, 2.75) is 5.92 Å². The number of hydrogen-bond acceptors (Lipinski definition) is 4. The van der Waals surface area contributed by atoms with Gasteiger partial charge in [-0.3, -0.25) is 9.59 Å². The lowest BCUT2D eigenvalue weighted by Gasteiger charge is -2.15. The maximum Gasteiger partial charge on any atom is 0.315 e. The molecule has 1 atom stereocenters. The smallest absolute Gasteiger partial charge is 0.315 e. The van der Waals surface area contributed by atoms with Crippen molar-refractivity contribution < 1.29 is 19.1 Å². The molecule has 0 spiro atoms. The van der Waals surface area contributed by atoms with Crippen LogP contribution in [0.25, 0.3) is 0 Å². The first-order valence-electron chi connectivity index (χ1n) is 4.85. The van der Waals surface area contributed by atoms with E-state index in [4.69, 9.17) is 4.74 Å². The Morgan fingerprint density at radius 3 is 2.62 bits per heavy atom. The normalized spacial score (nSPS) is 11.9. The van der Waals surface area contributed by atoms with Gasteiger partial charge in [0.05, 0.1) is 13.7 Å². The molecule has 0 saturated carbocycles. The fourth-order valence-corrected chi connectivity index (χ4v) is 1.53. The predicted octanol–water partition coefficient (Wildman–Crippen LogP) is 1.40. The number of rotatable bonds is 5. The lowest BCUT2D eigenvalue weighted by molar-refractivity contribution is -0.143. The molecule has 1 aromatic rings. The van der Waals surface area contributed by atoms with Crippen LogP contribution in [-0.2, 0) is 14.3 Å². The molecule has 0 saturated heterocycles. The molecule has 16 heavy (non-hydrogen) atoms. The van der Waals surface area contributed by atoms with E-state index in [0.29, 0.717) is 11.1 Å². The van der Waals surface area contributed by atoms with Crippen molar-refractivity contribution in [2.24, 2.45) is 0 Å². The minimum absolute atomic E-state index is 0.192. The molecule has 0 aliphatic carbocycles. The third-order valence-corrected chi connectivity index (χ3v) is 2.32. The topological polar surface area (TPSA) is 52.6 Å². The maximum atomic E-state index is 11.6. The summed E-state index contributed by atoms with van der Waals surface area (Å²) in [6.45, 7) is 0.192. The van der Waals surface area contributed by atoms with Crippen molar-refractivity contribution in [1.29, 1.82) is 0 Å². The molecule has 1 rings (SSSR count). The lowest BCUT2D eigenvalue weighted by Crippen LogP contribution is -2.20. The van der Waals surface area contributed by atoms with Crippen LogP contribution < -0.4 is 0 Å². The van der Waals surface area contributed by atoms with Crippen LogP contribution in [0.1, 0.15) is 21.8 Å². The summed E-state index contributed by atoms with van der Waals surface area (Å²) in [5.74, 6) is -0.965. The molecule has 0 radical (unpaired) electrons. The van der Waals surface area contributed by atoms with E-state index in [9.17, 15) is 9.59 Å². The van der Waals surface area contributed by atoms with Gasteiger partial charge < -0.3 is 9.47 Å². The summed E-state index contributed by atoms with van der Waals surface area (Å²) in [5.41, 5.74) is 1.11. The minimum atomic E-state index is -0.559. The molecule has 0 aliphatic rings. The number of benzene rings is 1. The van der Waals surface area contributed by atoms with Gasteiger partial charge in [0.2, 0.25) is 0 Å². The molecule has 86 valence electrons. The van der Waals surface area contributed by atoms with Crippen LogP contribution in [0.15, 0.2) is 24.3 Å². The average Bonchev–Trinajstić information content (AvgIpc) is 2.35. The molecule has 4 heteroatoms. The first-order valence-corrected chi connectivity index (χ1v) is 4.85. The number of ether oxygens (including phenoxy) is 2. The summed E-state index contributed by atoms with van der Waals surface area (Å²) < 4.78 is 9.65. The molecule has 0 amide bonds. The molecule has 0 fully saturated rings. The Morgan fingerprint density at radius 2 is 2.06 bits per heavy atom. The van der Waals surface area contributed by atoms with Crippen LogP contribution in [0, 0.1) is 0 Å². The van der Waals surface area contributed by atoms with Crippen LogP contribution in [0.2, 0.25) is 0 Å². The first kappa shape index (κ1) is 12.4. The zero-order valence-electron chi connectivity index (χ0n) is 9.30. The van der Waals surface area contributed by atoms with Gasteiger partial charge in [-0.05, 0) is 5.56 Å². The summed E-state index contributed by atoms with van der Waals surface area (Å²) in [6.07, 6.45) is 0.723. The van der Waals surface area contributed by atoms with Crippen LogP contribution in [0.4, 0.5) is 0 Å². The SMILES string of the molecule is COCC(C(=O)OC)c1ccccc1C=O. The molecule has 0 heterocycles. The van der Waals surface area contributed by atoms with E-state index in [1.165, 1.54) is 14.2 Å². The minimum Gasteiger partial charge on any atom is -0.468 e. The van der Waals surface area contributed by atoms with Crippen molar-refractivity contribution >= 4 is 12.3 Å². The van der Waals surface area contributed by atoms with Crippen molar-refractivity contribution in [3.8, 4) is 0 Å². The predicted molar refractivity (Wildman–Crippen MR) is 58.5 cm³/mol. The number of methoxy groups -OCH3 is 2. The molecule has 0 aromatic heterocycles. The second-order valence-electron chi connectivity index (χ2n) is 3.28. The summed E-state index contributed by atoms with van der Waals surface area (Å²) in [7, 11) is 2.81. The van der Waals surface area contributed by atoms with E-state index >= 15 is 0 Å².